The van der Waals surface area contributed by atoms with Gasteiger partial charge in [-0.3, -0.25) is 0 Å². The van der Waals surface area contributed by atoms with Gasteiger partial charge in [0.25, 0.3) is 0 Å². The van der Waals surface area contributed by atoms with E-state index in [0.29, 0.717) is 6.54 Å². The molecule has 1 aromatic heterocycles. The Morgan fingerprint density at radius 2 is 1.77 bits per heavy atom. The Morgan fingerprint density at radius 3 is 2.52 bits per heavy atom. The van der Waals surface area contributed by atoms with Crippen LogP contribution in [0.4, 0.5) is 5.69 Å². The summed E-state index contributed by atoms with van der Waals surface area (Å²) in [6, 6.07) is 16.9. The number of aromatic nitrogens is 1. The van der Waals surface area contributed by atoms with Gasteiger partial charge in [0.05, 0.1) is 20.8 Å². The van der Waals surface area contributed by atoms with E-state index in [-0.39, 0.29) is 12.2 Å². The Balaban J connectivity index is 1.78. The molecule has 3 aromatic rings. The first-order chi connectivity index (χ1) is 14.7. The molecule has 5 nitrogen and oxygen atoms in total. The van der Waals surface area contributed by atoms with Crippen LogP contribution >= 0.6 is 11.8 Å². The Bertz CT molecular complexity index is 1280. The lowest BCUT2D eigenvalue weighted by molar-refractivity contribution is -0.673. The van der Waals surface area contributed by atoms with Gasteiger partial charge in [-0.15, -0.1) is 0 Å². The fraction of sp³-hybridized carbons (Fsp3) is 0.292. The van der Waals surface area contributed by atoms with Crippen LogP contribution in [0.3, 0.4) is 0 Å². The highest BCUT2D eigenvalue weighted by Gasteiger charge is 2.26. The number of hydrogen-bond acceptors (Lipinski definition) is 5. The minimum Gasteiger partial charge on any atom is -0.748 e. The van der Waals surface area contributed by atoms with Crippen LogP contribution in [-0.2, 0) is 16.7 Å². The standard InChI is InChI=1S/C24H26N2O3S2/c1-4-25-21-11-7-18(3)15-23(21)30-24(25)16-20-10-9-19-8-6-17(2)14-22(19)26(20)12-5-13-31(27,28)29/h6-11,14-16H,4-5,12-13H2,1-3H3. The second kappa shape index (κ2) is 8.65. The molecule has 0 saturated carbocycles. The number of pyridine rings is 1. The summed E-state index contributed by atoms with van der Waals surface area (Å²) in [5.74, 6) is -0.362. The van der Waals surface area contributed by atoms with Crippen molar-refractivity contribution in [3.8, 4) is 0 Å². The van der Waals surface area contributed by atoms with Crippen LogP contribution < -0.4 is 9.47 Å². The van der Waals surface area contributed by atoms with Gasteiger partial charge in [0, 0.05) is 47.2 Å². The van der Waals surface area contributed by atoms with Crippen molar-refractivity contribution in [2.75, 3.05) is 17.2 Å². The summed E-state index contributed by atoms with van der Waals surface area (Å²) in [6.07, 6.45) is 2.45. The first-order valence-corrected chi connectivity index (χ1v) is 12.8. The molecule has 2 aromatic carbocycles. The Morgan fingerprint density at radius 1 is 1.06 bits per heavy atom. The highest BCUT2D eigenvalue weighted by molar-refractivity contribution is 8.03. The third-order valence-electron chi connectivity index (χ3n) is 5.47. The second-order valence-corrected chi connectivity index (χ2v) is 10.5. The molecule has 0 spiro atoms. The third kappa shape index (κ3) is 4.79. The van der Waals surface area contributed by atoms with Crippen molar-refractivity contribution in [2.24, 2.45) is 0 Å². The molecule has 1 aliphatic rings. The molecule has 0 atom stereocenters. The molecule has 0 N–H and O–H groups in total. The first-order valence-electron chi connectivity index (χ1n) is 10.4. The van der Waals surface area contributed by atoms with Crippen LogP contribution in [0.5, 0.6) is 0 Å². The molecular weight excluding hydrogens is 428 g/mol. The molecule has 0 saturated heterocycles. The molecule has 0 fully saturated rings. The van der Waals surface area contributed by atoms with Crippen LogP contribution in [-0.4, -0.2) is 25.3 Å². The first kappa shape index (κ1) is 21.9. The van der Waals surface area contributed by atoms with E-state index in [1.807, 2.05) is 6.92 Å². The number of fused-ring (bicyclic) bond motifs is 2. The Labute approximate surface area is 188 Å². The lowest BCUT2D eigenvalue weighted by Crippen LogP contribution is -2.39. The molecule has 0 bridgehead atoms. The number of hydrogen-bond donors (Lipinski definition) is 0. The molecular formula is C24H26N2O3S2. The zero-order chi connectivity index (χ0) is 22.2. The van der Waals surface area contributed by atoms with Gasteiger partial charge >= 0.3 is 0 Å². The summed E-state index contributed by atoms with van der Waals surface area (Å²) < 4.78 is 35.6. The molecule has 0 amide bonds. The smallest absolute Gasteiger partial charge is 0.213 e. The zero-order valence-corrected chi connectivity index (χ0v) is 19.6. The van der Waals surface area contributed by atoms with E-state index in [4.69, 9.17) is 0 Å². The molecule has 1 aliphatic heterocycles. The van der Waals surface area contributed by atoms with E-state index < -0.39 is 10.1 Å². The minimum atomic E-state index is -4.24. The fourth-order valence-electron chi connectivity index (χ4n) is 3.98. The van der Waals surface area contributed by atoms with Crippen molar-refractivity contribution < 1.29 is 17.5 Å². The Hall–Kier alpha value is -2.35. The van der Waals surface area contributed by atoms with Crippen LogP contribution in [0, 0.1) is 13.8 Å². The summed E-state index contributed by atoms with van der Waals surface area (Å²) in [7, 11) is -4.24. The molecule has 0 radical (unpaired) electrons. The van der Waals surface area contributed by atoms with Gasteiger partial charge in [-0.1, -0.05) is 23.9 Å². The summed E-state index contributed by atoms with van der Waals surface area (Å²) in [6.45, 7) is 7.60. The van der Waals surface area contributed by atoms with Gasteiger partial charge < -0.3 is 9.45 Å². The number of anilines is 1. The zero-order valence-electron chi connectivity index (χ0n) is 18.0. The van der Waals surface area contributed by atoms with Crippen molar-refractivity contribution in [1.29, 1.82) is 0 Å². The van der Waals surface area contributed by atoms with E-state index in [2.05, 4.69) is 77.9 Å². The van der Waals surface area contributed by atoms with Gasteiger partial charge in [-0.25, -0.2) is 8.42 Å². The maximum absolute atomic E-state index is 11.2. The second-order valence-electron chi connectivity index (χ2n) is 7.89. The predicted octanol–water partition coefficient (Wildman–Crippen LogP) is 4.61. The quantitative estimate of drug-likeness (QED) is 0.402. The molecule has 2 heterocycles. The Kier molecular flexibility index (Phi) is 6.10. The lowest BCUT2D eigenvalue weighted by Gasteiger charge is -2.18. The van der Waals surface area contributed by atoms with Crippen molar-refractivity contribution in [3.05, 3.63) is 70.4 Å². The maximum atomic E-state index is 11.2. The van der Waals surface area contributed by atoms with E-state index in [1.165, 1.54) is 16.1 Å². The monoisotopic (exact) mass is 454 g/mol. The lowest BCUT2D eigenvalue weighted by atomic mass is 10.1. The molecule has 4 rings (SSSR count). The maximum Gasteiger partial charge on any atom is 0.213 e. The summed E-state index contributed by atoms with van der Waals surface area (Å²) in [4.78, 5) is 3.54. The molecule has 7 heteroatoms. The van der Waals surface area contributed by atoms with Gasteiger partial charge in [0.15, 0.2) is 6.54 Å². The summed E-state index contributed by atoms with van der Waals surface area (Å²) in [5.41, 5.74) is 5.61. The highest BCUT2D eigenvalue weighted by atomic mass is 32.2. The average Bonchev–Trinajstić information content (AvgIpc) is 3.04. The van der Waals surface area contributed by atoms with Crippen molar-refractivity contribution in [2.45, 2.75) is 38.6 Å². The molecule has 162 valence electrons. The highest BCUT2D eigenvalue weighted by Crippen LogP contribution is 2.46. The SMILES string of the molecule is CCN1/C(=C/c2ccc3ccc(C)cc3[n+]2CCCS(=O)(=O)[O-])Sc2cc(C)ccc21. The largest absolute Gasteiger partial charge is 0.748 e. The van der Waals surface area contributed by atoms with Crippen LogP contribution in [0.15, 0.2) is 58.5 Å². The topological polar surface area (TPSA) is 64.3 Å². The minimum absolute atomic E-state index is 0.282. The number of aryl methyl sites for hydroxylation is 3. The van der Waals surface area contributed by atoms with Gasteiger partial charge in [-0.05, 0) is 56.2 Å². The number of rotatable bonds is 6. The van der Waals surface area contributed by atoms with Crippen LogP contribution in [0.2, 0.25) is 0 Å². The van der Waals surface area contributed by atoms with E-state index in [1.54, 1.807) is 11.8 Å². The average molecular weight is 455 g/mol. The number of thioether (sulfide) groups is 1. The molecule has 0 aliphatic carbocycles. The van der Waals surface area contributed by atoms with Crippen LogP contribution in [0.25, 0.3) is 17.0 Å². The normalized spacial score (nSPS) is 15.1. The summed E-state index contributed by atoms with van der Waals surface area (Å²) in [5, 5.41) is 2.23. The van der Waals surface area contributed by atoms with E-state index >= 15 is 0 Å². The van der Waals surface area contributed by atoms with Crippen molar-refractivity contribution in [1.82, 2.24) is 0 Å². The molecule has 31 heavy (non-hydrogen) atoms. The van der Waals surface area contributed by atoms with E-state index in [9.17, 15) is 13.0 Å². The molecule has 0 unspecified atom stereocenters. The summed E-state index contributed by atoms with van der Waals surface area (Å²) >= 11 is 1.75. The van der Waals surface area contributed by atoms with Crippen molar-refractivity contribution in [3.63, 3.8) is 0 Å². The van der Waals surface area contributed by atoms with E-state index in [0.717, 1.165) is 33.7 Å². The van der Waals surface area contributed by atoms with Crippen molar-refractivity contribution >= 4 is 44.5 Å². The number of nitrogens with zero attached hydrogens (tertiary/aromatic N) is 2. The third-order valence-corrected chi connectivity index (χ3v) is 7.36. The van der Waals surface area contributed by atoms with Gasteiger partial charge in [-0.2, -0.15) is 4.57 Å². The fourth-order valence-corrected chi connectivity index (χ4v) is 5.73. The van der Waals surface area contributed by atoms with Gasteiger partial charge in [0.2, 0.25) is 11.2 Å². The predicted molar refractivity (Wildman–Crippen MR) is 126 cm³/mol. The van der Waals surface area contributed by atoms with Gasteiger partial charge in [0.1, 0.15) is 0 Å². The van der Waals surface area contributed by atoms with Crippen LogP contribution in [0.1, 0.15) is 30.2 Å². The number of benzene rings is 2.